The first-order valence-corrected chi connectivity index (χ1v) is 18.1. The van der Waals surface area contributed by atoms with Crippen molar-refractivity contribution in [2.24, 2.45) is 0 Å². The van der Waals surface area contributed by atoms with Crippen molar-refractivity contribution in [3.63, 3.8) is 0 Å². The Kier molecular flexibility index (Phi) is 17.0. The first kappa shape index (κ1) is 43.0. The summed E-state index contributed by atoms with van der Waals surface area (Å²) in [5, 5.41) is 0. The highest BCUT2D eigenvalue weighted by Crippen LogP contribution is 2.39. The van der Waals surface area contributed by atoms with E-state index in [0.29, 0.717) is 18.4 Å². The maximum absolute atomic E-state index is 16.5. The van der Waals surface area contributed by atoms with Gasteiger partial charge in [-0.05, 0) is 12.8 Å². The van der Waals surface area contributed by atoms with Crippen LogP contribution in [-0.2, 0) is 76.1 Å². The van der Waals surface area contributed by atoms with Crippen molar-refractivity contribution in [2.75, 3.05) is 26.9 Å². The number of fused-ring (bicyclic) bond motifs is 1. The van der Waals surface area contributed by atoms with E-state index in [-0.39, 0.29) is 19.2 Å². The average molecular weight is 771 g/mol. The molecule has 3 fully saturated rings. The molecule has 54 heavy (non-hydrogen) atoms. The van der Waals surface area contributed by atoms with E-state index < -0.39 is 98.3 Å². The molecule has 3 heterocycles. The summed E-state index contributed by atoms with van der Waals surface area (Å²) in [5.74, 6) is -3.37. The number of hydrogen-bond donors (Lipinski definition) is 0. The van der Waals surface area contributed by atoms with Gasteiger partial charge in [0.05, 0.1) is 13.7 Å². The predicted molar refractivity (Wildman–Crippen MR) is 181 cm³/mol. The van der Waals surface area contributed by atoms with E-state index in [4.69, 9.17) is 47.4 Å². The molecule has 11 atom stereocenters. The molecule has 302 valence electrons. The van der Waals surface area contributed by atoms with E-state index in [1.165, 1.54) is 14.0 Å². The van der Waals surface area contributed by atoms with E-state index in [2.05, 4.69) is 4.74 Å². The lowest BCUT2D eigenvalue weighted by Crippen LogP contribution is -2.67. The molecule has 0 bridgehead atoms. The summed E-state index contributed by atoms with van der Waals surface area (Å²) in [6.07, 6.45) is -10.2. The minimum Gasteiger partial charge on any atom is -0.469 e. The Morgan fingerprint density at radius 3 is 2.00 bits per heavy atom. The summed E-state index contributed by atoms with van der Waals surface area (Å²) in [5.41, 5.74) is 0.687. The number of ether oxygens (including phenoxy) is 11. The van der Waals surface area contributed by atoms with Crippen molar-refractivity contribution in [2.45, 2.75) is 140 Å². The van der Waals surface area contributed by atoms with E-state index in [1.54, 1.807) is 12.1 Å². The maximum Gasteiger partial charge on any atom is 0.305 e. The monoisotopic (exact) mass is 770 g/mol. The van der Waals surface area contributed by atoms with Gasteiger partial charge in [0, 0.05) is 46.3 Å². The minimum absolute atomic E-state index is 0.0227. The zero-order valence-electron chi connectivity index (χ0n) is 31.2. The first-order valence-electron chi connectivity index (χ1n) is 18.1. The molecule has 3 aliphatic rings. The van der Waals surface area contributed by atoms with Crippen LogP contribution in [0.25, 0.3) is 0 Å². The van der Waals surface area contributed by atoms with E-state index >= 15 is 4.39 Å². The Balaban J connectivity index is 1.57. The second-order valence-electron chi connectivity index (χ2n) is 13.2. The molecule has 0 amide bonds. The summed E-state index contributed by atoms with van der Waals surface area (Å²) in [4.78, 5) is 59.8. The van der Waals surface area contributed by atoms with Gasteiger partial charge in [0.1, 0.15) is 24.9 Å². The molecule has 0 N–H and O–H groups in total. The van der Waals surface area contributed by atoms with Gasteiger partial charge in [-0.2, -0.15) is 0 Å². The number of unbranched alkanes of at least 4 members (excludes halogenated alkanes) is 5. The van der Waals surface area contributed by atoms with Crippen LogP contribution in [0, 0.1) is 0 Å². The third-order valence-electron chi connectivity index (χ3n) is 8.86. The highest BCUT2D eigenvalue weighted by molar-refractivity contribution is 5.69. The van der Waals surface area contributed by atoms with Gasteiger partial charge in [-0.1, -0.05) is 56.0 Å². The molecule has 3 saturated heterocycles. The van der Waals surface area contributed by atoms with Crippen molar-refractivity contribution in [3.05, 3.63) is 35.9 Å². The molecule has 1 aromatic rings. The third-order valence-corrected chi connectivity index (χ3v) is 8.86. The Morgan fingerprint density at radius 1 is 0.722 bits per heavy atom. The standard InChI is InChI=1S/C37H51FO16/c1-21(39)46-19-26-30(48-22(2)40)32(49-23(3)41)29(38)36(51-26)54-34-33(50-24(4)42)31-27(20-47-35(53-31)25-15-11-10-12-16-25)52-37(34)45-18-14-9-7-6-8-13-17-28(43)44-5/h10-12,15-16,26-27,29-37H,6-9,13-14,17-20H2,1-5H3/t26-,27-,29-,30-,31-,32-,33+,34-,35?,36-,37+/m1/s1. The van der Waals surface area contributed by atoms with Crippen molar-refractivity contribution in [1.29, 1.82) is 0 Å². The largest absolute Gasteiger partial charge is 0.469 e. The Hall–Kier alpha value is -3.74. The fraction of sp³-hybridized carbons (Fsp3) is 0.703. The van der Waals surface area contributed by atoms with Gasteiger partial charge in [-0.3, -0.25) is 24.0 Å². The maximum atomic E-state index is 16.5. The summed E-state index contributed by atoms with van der Waals surface area (Å²) in [6.45, 7) is 4.15. The molecule has 17 heteroatoms. The number of methoxy groups -OCH3 is 1. The van der Waals surface area contributed by atoms with Crippen LogP contribution < -0.4 is 0 Å². The number of hydrogen-bond acceptors (Lipinski definition) is 16. The second kappa shape index (κ2) is 21.4. The van der Waals surface area contributed by atoms with E-state index in [0.717, 1.165) is 52.9 Å². The molecular formula is C37H51FO16. The summed E-state index contributed by atoms with van der Waals surface area (Å²) in [6, 6.07) is 9.05. The van der Waals surface area contributed by atoms with Crippen molar-refractivity contribution in [3.8, 4) is 0 Å². The SMILES string of the molecule is COC(=O)CCCCCCCCO[C@H]1O[C@@H]2COC(c3ccccc3)O[C@H]2[C@H](OC(C)=O)[C@H]1O[C@H]1O[C@H](COC(C)=O)[C@@H](OC(C)=O)[C@H](OC(C)=O)[C@H]1F. The van der Waals surface area contributed by atoms with Crippen LogP contribution in [0.2, 0.25) is 0 Å². The van der Waals surface area contributed by atoms with Crippen LogP contribution in [0.15, 0.2) is 30.3 Å². The second-order valence-corrected chi connectivity index (χ2v) is 13.2. The summed E-state index contributed by atoms with van der Waals surface area (Å²) in [7, 11) is 1.36. The number of esters is 5. The molecule has 0 saturated carbocycles. The molecule has 0 aromatic heterocycles. The Bertz CT molecular complexity index is 1380. The van der Waals surface area contributed by atoms with E-state index in [1.807, 2.05) is 18.2 Å². The van der Waals surface area contributed by atoms with Crippen LogP contribution >= 0.6 is 0 Å². The first-order chi connectivity index (χ1) is 25.9. The summed E-state index contributed by atoms with van der Waals surface area (Å²) >= 11 is 0. The number of carbonyl (C=O) groups excluding carboxylic acids is 5. The van der Waals surface area contributed by atoms with Crippen LogP contribution in [-0.4, -0.2) is 118 Å². The predicted octanol–water partition coefficient (Wildman–Crippen LogP) is 3.55. The van der Waals surface area contributed by atoms with Gasteiger partial charge in [0.15, 0.2) is 49.5 Å². The lowest BCUT2D eigenvalue weighted by Gasteiger charge is -2.50. The number of halogens is 1. The number of carbonyl (C=O) groups is 5. The van der Waals surface area contributed by atoms with Gasteiger partial charge in [-0.25, -0.2) is 4.39 Å². The molecule has 16 nitrogen and oxygen atoms in total. The van der Waals surface area contributed by atoms with Crippen molar-refractivity contribution in [1.82, 2.24) is 0 Å². The van der Waals surface area contributed by atoms with Crippen LogP contribution in [0.5, 0.6) is 0 Å². The Labute approximate surface area is 313 Å². The number of benzene rings is 1. The minimum atomic E-state index is -2.27. The number of rotatable bonds is 18. The molecule has 3 aliphatic heterocycles. The highest BCUT2D eigenvalue weighted by atomic mass is 19.1. The summed E-state index contributed by atoms with van der Waals surface area (Å²) < 4.78 is 79.6. The Morgan fingerprint density at radius 2 is 1.35 bits per heavy atom. The normalized spacial score (nSPS) is 30.7. The zero-order valence-corrected chi connectivity index (χ0v) is 31.2. The smallest absolute Gasteiger partial charge is 0.305 e. The quantitative estimate of drug-likeness (QED) is 0.120. The molecule has 4 rings (SSSR count). The molecule has 0 spiro atoms. The van der Waals surface area contributed by atoms with Crippen LogP contribution in [0.3, 0.4) is 0 Å². The molecular weight excluding hydrogens is 719 g/mol. The van der Waals surface area contributed by atoms with Gasteiger partial charge in [0.2, 0.25) is 0 Å². The molecule has 1 aromatic carbocycles. The average Bonchev–Trinajstić information content (AvgIpc) is 3.13. The van der Waals surface area contributed by atoms with Crippen molar-refractivity contribution >= 4 is 29.8 Å². The van der Waals surface area contributed by atoms with Crippen LogP contribution in [0.1, 0.15) is 84.5 Å². The van der Waals surface area contributed by atoms with Gasteiger partial charge < -0.3 is 52.1 Å². The highest BCUT2D eigenvalue weighted by Gasteiger charge is 2.57. The topological polar surface area (TPSA) is 187 Å². The third kappa shape index (κ3) is 12.7. The van der Waals surface area contributed by atoms with Crippen molar-refractivity contribution < 1.29 is 80.5 Å². The molecule has 0 aliphatic carbocycles. The number of alkyl halides is 1. The van der Waals surface area contributed by atoms with E-state index in [9.17, 15) is 24.0 Å². The molecule has 0 radical (unpaired) electrons. The lowest BCUT2D eigenvalue weighted by molar-refractivity contribution is -0.390. The van der Waals surface area contributed by atoms with Crippen LogP contribution in [0.4, 0.5) is 4.39 Å². The zero-order chi connectivity index (χ0) is 39.2. The van der Waals surface area contributed by atoms with Gasteiger partial charge >= 0.3 is 29.8 Å². The molecule has 1 unspecified atom stereocenters. The lowest BCUT2D eigenvalue weighted by atomic mass is 9.96. The fourth-order valence-electron chi connectivity index (χ4n) is 6.44. The van der Waals surface area contributed by atoms with Gasteiger partial charge in [-0.15, -0.1) is 0 Å². The fourth-order valence-corrected chi connectivity index (χ4v) is 6.44. The van der Waals surface area contributed by atoms with Gasteiger partial charge in [0.25, 0.3) is 0 Å².